The van der Waals surface area contributed by atoms with E-state index < -0.39 is 17.0 Å². The quantitative estimate of drug-likeness (QED) is 0.804. The molecule has 1 N–H and O–H groups in total. The summed E-state index contributed by atoms with van der Waals surface area (Å²) in [4.78, 5) is 19.3. The van der Waals surface area contributed by atoms with E-state index in [4.69, 9.17) is 0 Å². The molecular weight excluding hydrogens is 372 g/mol. The van der Waals surface area contributed by atoms with Gasteiger partial charge in [0.25, 0.3) is 0 Å². The van der Waals surface area contributed by atoms with Crippen molar-refractivity contribution < 1.29 is 13.6 Å². The van der Waals surface area contributed by atoms with Crippen molar-refractivity contribution in [3.05, 3.63) is 65.5 Å². The number of hydrogen-bond acceptors (Lipinski definition) is 3. The predicted octanol–water partition coefficient (Wildman–Crippen LogP) is 4.48. The summed E-state index contributed by atoms with van der Waals surface area (Å²) < 4.78 is 27.7. The fourth-order valence-electron chi connectivity index (χ4n) is 3.77. The first kappa shape index (κ1) is 21.4. The minimum Gasteiger partial charge on any atom is -0.347 e. The van der Waals surface area contributed by atoms with Gasteiger partial charge in [-0.3, -0.25) is 14.7 Å². The molecule has 2 heterocycles. The molecule has 1 aromatic heterocycles. The van der Waals surface area contributed by atoms with Crippen LogP contribution in [0.2, 0.25) is 0 Å². The van der Waals surface area contributed by atoms with Gasteiger partial charge in [0.2, 0.25) is 5.91 Å². The number of rotatable bonds is 5. The van der Waals surface area contributed by atoms with E-state index in [-0.39, 0.29) is 17.9 Å². The smallest absolute Gasteiger partial charge is 0.225 e. The molecule has 0 saturated carbocycles. The monoisotopic (exact) mass is 401 g/mol. The van der Waals surface area contributed by atoms with Crippen LogP contribution < -0.4 is 5.32 Å². The van der Waals surface area contributed by atoms with Gasteiger partial charge in [-0.25, -0.2) is 8.78 Å². The minimum atomic E-state index is -0.820. The van der Waals surface area contributed by atoms with Crippen LogP contribution in [0.4, 0.5) is 8.78 Å². The fourth-order valence-corrected chi connectivity index (χ4v) is 3.77. The number of halogens is 2. The molecule has 6 heteroatoms. The van der Waals surface area contributed by atoms with Crippen molar-refractivity contribution >= 4 is 5.91 Å². The third-order valence-corrected chi connectivity index (χ3v) is 5.41. The van der Waals surface area contributed by atoms with Gasteiger partial charge in [-0.1, -0.05) is 39.0 Å². The zero-order valence-electron chi connectivity index (χ0n) is 17.3. The fraction of sp³-hybridized carbons (Fsp3) is 0.478. The Morgan fingerprint density at radius 3 is 2.72 bits per heavy atom. The molecule has 2 aromatic rings. The predicted molar refractivity (Wildman–Crippen MR) is 109 cm³/mol. The van der Waals surface area contributed by atoms with Gasteiger partial charge in [-0.05, 0) is 43.5 Å². The van der Waals surface area contributed by atoms with E-state index in [0.29, 0.717) is 18.7 Å². The summed E-state index contributed by atoms with van der Waals surface area (Å²) in [6, 6.07) is 9.78. The second-order valence-electron chi connectivity index (χ2n) is 8.81. The highest BCUT2D eigenvalue weighted by Crippen LogP contribution is 2.31. The van der Waals surface area contributed by atoms with Gasteiger partial charge < -0.3 is 5.32 Å². The van der Waals surface area contributed by atoms with Crippen LogP contribution in [-0.4, -0.2) is 28.9 Å². The Labute approximate surface area is 171 Å². The first-order chi connectivity index (χ1) is 13.8. The average Bonchev–Trinajstić information content (AvgIpc) is 2.69. The summed E-state index contributed by atoms with van der Waals surface area (Å²) in [5.41, 5.74) is 0.680. The van der Waals surface area contributed by atoms with Gasteiger partial charge >= 0.3 is 0 Å². The molecule has 0 spiro atoms. The lowest BCUT2D eigenvalue weighted by atomic mass is 9.86. The number of aromatic nitrogens is 1. The number of likely N-dealkylation sites (tertiary alicyclic amines) is 1. The summed E-state index contributed by atoms with van der Waals surface area (Å²) >= 11 is 0. The summed E-state index contributed by atoms with van der Waals surface area (Å²) in [5, 5.41) is 3.19. The van der Waals surface area contributed by atoms with Gasteiger partial charge in [-0.15, -0.1) is 0 Å². The molecule has 0 unspecified atom stereocenters. The van der Waals surface area contributed by atoms with Gasteiger partial charge in [-0.2, -0.15) is 0 Å². The topological polar surface area (TPSA) is 45.2 Å². The normalized spacial score (nSPS) is 19.0. The van der Waals surface area contributed by atoms with Crippen molar-refractivity contribution in [1.82, 2.24) is 15.2 Å². The van der Waals surface area contributed by atoms with Gasteiger partial charge in [0.05, 0.1) is 11.7 Å². The molecule has 2 atom stereocenters. The van der Waals surface area contributed by atoms with Crippen molar-refractivity contribution in [2.45, 2.75) is 46.2 Å². The van der Waals surface area contributed by atoms with Gasteiger partial charge in [0, 0.05) is 30.3 Å². The number of amides is 1. The van der Waals surface area contributed by atoms with Gasteiger partial charge in [0.15, 0.2) is 11.6 Å². The maximum absolute atomic E-state index is 14.1. The SMILES string of the molecule is CC(C)(C)C(=O)N[C@@H](c1ccccn1)[C@H]1CCCN(Cc2cccc(F)c2F)C1. The van der Waals surface area contributed by atoms with Crippen molar-refractivity contribution in [3.63, 3.8) is 0 Å². The molecule has 0 aliphatic carbocycles. The Morgan fingerprint density at radius 1 is 1.24 bits per heavy atom. The molecule has 1 aliphatic rings. The lowest BCUT2D eigenvalue weighted by Crippen LogP contribution is -2.45. The maximum atomic E-state index is 14.1. The summed E-state index contributed by atoms with van der Waals surface area (Å²) in [6.07, 6.45) is 3.60. The number of carbonyl (C=O) groups excluding carboxylic acids is 1. The van der Waals surface area contributed by atoms with E-state index in [1.165, 1.54) is 6.07 Å². The lowest BCUT2D eigenvalue weighted by molar-refractivity contribution is -0.130. The largest absolute Gasteiger partial charge is 0.347 e. The molecule has 0 radical (unpaired) electrons. The van der Waals surface area contributed by atoms with E-state index in [1.807, 2.05) is 39.0 Å². The van der Waals surface area contributed by atoms with E-state index in [1.54, 1.807) is 12.3 Å². The third-order valence-electron chi connectivity index (χ3n) is 5.41. The lowest BCUT2D eigenvalue weighted by Gasteiger charge is -2.38. The van der Waals surface area contributed by atoms with Crippen LogP contribution in [-0.2, 0) is 11.3 Å². The molecule has 1 amide bonds. The number of hydrogen-bond donors (Lipinski definition) is 1. The Balaban J connectivity index is 1.78. The first-order valence-electron chi connectivity index (χ1n) is 10.1. The molecule has 4 nitrogen and oxygen atoms in total. The molecule has 3 rings (SSSR count). The van der Waals surface area contributed by atoms with Crippen molar-refractivity contribution in [1.29, 1.82) is 0 Å². The number of nitrogens with one attached hydrogen (secondary N) is 1. The van der Waals surface area contributed by atoms with Crippen LogP contribution in [0.5, 0.6) is 0 Å². The number of carbonyl (C=O) groups is 1. The average molecular weight is 402 g/mol. The maximum Gasteiger partial charge on any atom is 0.225 e. The van der Waals surface area contributed by atoms with E-state index in [9.17, 15) is 13.6 Å². The summed E-state index contributed by atoms with van der Waals surface area (Å²) in [6.45, 7) is 7.51. The van der Waals surface area contributed by atoms with Crippen LogP contribution in [0.1, 0.15) is 50.9 Å². The molecule has 1 saturated heterocycles. The van der Waals surface area contributed by atoms with E-state index >= 15 is 0 Å². The minimum absolute atomic E-state index is 0.0264. The summed E-state index contributed by atoms with van der Waals surface area (Å²) in [5.74, 6) is -1.49. The van der Waals surface area contributed by atoms with Crippen molar-refractivity contribution in [2.75, 3.05) is 13.1 Å². The Bertz CT molecular complexity index is 836. The molecule has 29 heavy (non-hydrogen) atoms. The molecule has 0 bridgehead atoms. The zero-order chi connectivity index (χ0) is 21.0. The second kappa shape index (κ2) is 8.99. The molecular formula is C23H29F2N3O. The van der Waals surface area contributed by atoms with E-state index in [2.05, 4.69) is 15.2 Å². The second-order valence-corrected chi connectivity index (χ2v) is 8.81. The van der Waals surface area contributed by atoms with Crippen LogP contribution in [0.15, 0.2) is 42.6 Å². The number of benzene rings is 1. The zero-order valence-corrected chi connectivity index (χ0v) is 17.3. The number of pyridine rings is 1. The van der Waals surface area contributed by atoms with Crippen molar-refractivity contribution in [2.24, 2.45) is 11.3 Å². The number of piperidine rings is 1. The Morgan fingerprint density at radius 2 is 2.03 bits per heavy atom. The highest BCUT2D eigenvalue weighted by atomic mass is 19.2. The molecule has 1 fully saturated rings. The van der Waals surface area contributed by atoms with Crippen LogP contribution in [0.3, 0.4) is 0 Å². The highest BCUT2D eigenvalue weighted by molar-refractivity contribution is 5.81. The molecule has 156 valence electrons. The first-order valence-corrected chi connectivity index (χ1v) is 10.1. The third kappa shape index (κ3) is 5.38. The van der Waals surface area contributed by atoms with Crippen LogP contribution in [0.25, 0.3) is 0 Å². The molecule has 1 aromatic carbocycles. The summed E-state index contributed by atoms with van der Waals surface area (Å²) in [7, 11) is 0. The highest BCUT2D eigenvalue weighted by Gasteiger charge is 2.33. The molecule has 1 aliphatic heterocycles. The standard InChI is InChI=1S/C23H29F2N3O/c1-23(2,3)22(29)27-21(19-11-4-5-12-26-19)17-9-7-13-28(15-17)14-16-8-6-10-18(24)20(16)25/h4-6,8,10-12,17,21H,7,9,13-15H2,1-3H3,(H,27,29)/t17-,21+/m0/s1. The Kier molecular flexibility index (Phi) is 6.63. The van der Waals surface area contributed by atoms with Crippen LogP contribution >= 0.6 is 0 Å². The number of nitrogens with zero attached hydrogens (tertiary/aromatic N) is 2. The van der Waals surface area contributed by atoms with Gasteiger partial charge in [0.1, 0.15) is 0 Å². The van der Waals surface area contributed by atoms with Crippen molar-refractivity contribution in [3.8, 4) is 0 Å². The van der Waals surface area contributed by atoms with E-state index in [0.717, 1.165) is 31.1 Å². The Hall–Kier alpha value is -2.34. The van der Waals surface area contributed by atoms with Crippen LogP contribution in [0, 0.1) is 23.0 Å².